The van der Waals surface area contributed by atoms with Crippen molar-refractivity contribution in [2.24, 2.45) is 0 Å². The maximum atomic E-state index is 12.2. The highest BCUT2D eigenvalue weighted by Crippen LogP contribution is 2.27. The van der Waals surface area contributed by atoms with Crippen LogP contribution in [0, 0.1) is 0 Å². The molecular formula is C12H12BrNO3S2. The quantitative estimate of drug-likeness (QED) is 0.860. The monoisotopic (exact) mass is 361 g/mol. The van der Waals surface area contributed by atoms with Crippen LogP contribution in [0.1, 0.15) is 4.88 Å². The van der Waals surface area contributed by atoms with Gasteiger partial charge in [-0.05, 0) is 40.2 Å². The molecule has 19 heavy (non-hydrogen) atoms. The maximum absolute atomic E-state index is 12.2. The smallest absolute Gasteiger partial charge is 0.271 e. The van der Waals surface area contributed by atoms with E-state index < -0.39 is 10.0 Å². The minimum absolute atomic E-state index is 0.0116. The SMILES string of the molecule is O=S(=O)(Nc1ccccc1Br)c1ccc(CCO)s1. The van der Waals surface area contributed by atoms with Crippen molar-refractivity contribution in [1.82, 2.24) is 0 Å². The lowest BCUT2D eigenvalue weighted by molar-refractivity contribution is 0.300. The second-order valence-electron chi connectivity index (χ2n) is 3.78. The summed E-state index contributed by atoms with van der Waals surface area (Å²) in [5.74, 6) is 0. The maximum Gasteiger partial charge on any atom is 0.271 e. The van der Waals surface area contributed by atoms with Crippen LogP contribution >= 0.6 is 27.3 Å². The van der Waals surface area contributed by atoms with E-state index in [1.807, 2.05) is 6.07 Å². The zero-order valence-electron chi connectivity index (χ0n) is 9.84. The first-order chi connectivity index (χ1) is 9.03. The molecular weight excluding hydrogens is 350 g/mol. The van der Waals surface area contributed by atoms with Gasteiger partial charge >= 0.3 is 0 Å². The number of nitrogens with one attached hydrogen (secondary N) is 1. The Morgan fingerprint density at radius 3 is 2.63 bits per heavy atom. The van der Waals surface area contributed by atoms with Gasteiger partial charge in [-0.25, -0.2) is 8.42 Å². The molecule has 0 aliphatic carbocycles. The van der Waals surface area contributed by atoms with Gasteiger partial charge in [-0.15, -0.1) is 11.3 Å². The van der Waals surface area contributed by atoms with Crippen molar-refractivity contribution >= 4 is 43.0 Å². The Labute approximate surface area is 124 Å². The minimum atomic E-state index is -3.58. The second-order valence-corrected chi connectivity index (χ2v) is 7.71. The van der Waals surface area contributed by atoms with Crippen molar-refractivity contribution < 1.29 is 13.5 Å². The third kappa shape index (κ3) is 3.56. The molecule has 4 nitrogen and oxygen atoms in total. The van der Waals surface area contributed by atoms with Gasteiger partial charge in [-0.1, -0.05) is 12.1 Å². The molecule has 1 heterocycles. The van der Waals surface area contributed by atoms with Crippen LogP contribution < -0.4 is 4.72 Å². The first-order valence-electron chi connectivity index (χ1n) is 5.50. The summed E-state index contributed by atoms with van der Waals surface area (Å²) in [7, 11) is -3.58. The van der Waals surface area contributed by atoms with Crippen molar-refractivity contribution in [1.29, 1.82) is 0 Å². The van der Waals surface area contributed by atoms with Crippen molar-refractivity contribution in [3.63, 3.8) is 0 Å². The number of aliphatic hydroxyl groups excluding tert-OH is 1. The van der Waals surface area contributed by atoms with Gasteiger partial charge in [-0.2, -0.15) is 0 Å². The van der Waals surface area contributed by atoms with Gasteiger partial charge in [-0.3, -0.25) is 4.72 Å². The lowest BCUT2D eigenvalue weighted by Crippen LogP contribution is -2.11. The van der Waals surface area contributed by atoms with Gasteiger partial charge < -0.3 is 5.11 Å². The summed E-state index contributed by atoms with van der Waals surface area (Å²) < 4.78 is 27.8. The fraction of sp³-hybridized carbons (Fsp3) is 0.167. The molecule has 0 spiro atoms. The summed E-state index contributed by atoms with van der Waals surface area (Å²) in [6.45, 7) is 0.0116. The predicted molar refractivity (Wildman–Crippen MR) is 80.1 cm³/mol. The van der Waals surface area contributed by atoms with Crippen molar-refractivity contribution in [2.75, 3.05) is 11.3 Å². The molecule has 2 rings (SSSR count). The second kappa shape index (κ2) is 6.04. The van der Waals surface area contributed by atoms with Crippen LogP contribution in [-0.2, 0) is 16.4 Å². The van der Waals surface area contributed by atoms with Gasteiger partial charge in [0, 0.05) is 22.4 Å². The van der Waals surface area contributed by atoms with E-state index in [0.717, 1.165) is 16.2 Å². The molecule has 0 amide bonds. The summed E-state index contributed by atoms with van der Waals surface area (Å²) in [6, 6.07) is 10.3. The summed E-state index contributed by atoms with van der Waals surface area (Å²) in [5.41, 5.74) is 0.500. The van der Waals surface area contributed by atoms with E-state index in [1.165, 1.54) is 0 Å². The fourth-order valence-corrected chi connectivity index (χ4v) is 4.43. The number of para-hydroxylation sites is 1. The number of aliphatic hydroxyl groups is 1. The fourth-order valence-electron chi connectivity index (χ4n) is 1.49. The molecule has 0 unspecified atom stereocenters. The first kappa shape index (κ1) is 14.5. The molecule has 0 radical (unpaired) electrons. The van der Waals surface area contributed by atoms with Gasteiger partial charge in [0.15, 0.2) is 0 Å². The van der Waals surface area contributed by atoms with Crippen LogP contribution in [0.25, 0.3) is 0 Å². The number of hydrogen-bond donors (Lipinski definition) is 2. The Bertz CT molecular complexity index is 667. The minimum Gasteiger partial charge on any atom is -0.396 e. The van der Waals surface area contributed by atoms with Gasteiger partial charge in [0.05, 0.1) is 5.69 Å². The molecule has 0 aliphatic heterocycles. The molecule has 0 atom stereocenters. The van der Waals surface area contributed by atoms with Crippen molar-refractivity contribution in [3.05, 3.63) is 45.7 Å². The molecule has 102 valence electrons. The molecule has 1 aromatic carbocycles. The molecule has 1 aromatic heterocycles. The zero-order valence-corrected chi connectivity index (χ0v) is 13.1. The molecule has 7 heteroatoms. The highest BCUT2D eigenvalue weighted by molar-refractivity contribution is 9.10. The number of benzene rings is 1. The Morgan fingerprint density at radius 2 is 1.95 bits per heavy atom. The topological polar surface area (TPSA) is 66.4 Å². The van der Waals surface area contributed by atoms with Crippen LogP contribution in [0.2, 0.25) is 0 Å². The summed E-state index contributed by atoms with van der Waals surface area (Å²) in [4.78, 5) is 0.843. The summed E-state index contributed by atoms with van der Waals surface area (Å²) in [5, 5.41) is 8.84. The van der Waals surface area contributed by atoms with Crippen LogP contribution in [-0.4, -0.2) is 20.1 Å². The standard InChI is InChI=1S/C12H12BrNO3S2/c13-10-3-1-2-4-11(10)14-19(16,17)12-6-5-9(18-12)7-8-15/h1-6,14-15H,7-8H2. The van der Waals surface area contributed by atoms with Crippen LogP contribution in [0.4, 0.5) is 5.69 Å². The molecule has 0 saturated heterocycles. The molecule has 2 N–H and O–H groups in total. The normalized spacial score (nSPS) is 11.5. The van der Waals surface area contributed by atoms with Gasteiger partial charge in [0.1, 0.15) is 4.21 Å². The zero-order chi connectivity index (χ0) is 13.9. The van der Waals surface area contributed by atoms with E-state index in [9.17, 15) is 8.42 Å². The largest absolute Gasteiger partial charge is 0.396 e. The highest BCUT2D eigenvalue weighted by Gasteiger charge is 2.17. The van der Waals surface area contributed by atoms with E-state index in [1.54, 1.807) is 30.3 Å². The Morgan fingerprint density at radius 1 is 1.21 bits per heavy atom. The van der Waals surface area contributed by atoms with E-state index in [-0.39, 0.29) is 10.8 Å². The summed E-state index contributed by atoms with van der Waals surface area (Å²) >= 11 is 4.46. The lowest BCUT2D eigenvalue weighted by atomic mass is 10.3. The number of sulfonamides is 1. The Kier molecular flexibility index (Phi) is 4.62. The number of thiophene rings is 1. The summed E-state index contributed by atoms with van der Waals surface area (Å²) in [6.07, 6.45) is 0.467. The van der Waals surface area contributed by atoms with Gasteiger partial charge in [0.25, 0.3) is 10.0 Å². The highest BCUT2D eigenvalue weighted by atomic mass is 79.9. The number of rotatable bonds is 5. The third-order valence-electron chi connectivity index (χ3n) is 2.38. The average molecular weight is 362 g/mol. The van der Waals surface area contributed by atoms with E-state index >= 15 is 0 Å². The Hall–Kier alpha value is -0.890. The average Bonchev–Trinajstić information content (AvgIpc) is 2.82. The van der Waals surface area contributed by atoms with Crippen molar-refractivity contribution in [2.45, 2.75) is 10.6 Å². The molecule has 0 saturated carbocycles. The van der Waals surface area contributed by atoms with Gasteiger partial charge in [0.2, 0.25) is 0 Å². The van der Waals surface area contributed by atoms with Crippen LogP contribution in [0.3, 0.4) is 0 Å². The predicted octanol–water partition coefficient (Wildman–Crippen LogP) is 2.85. The first-order valence-corrected chi connectivity index (χ1v) is 8.59. The Balaban J connectivity index is 2.25. The molecule has 2 aromatic rings. The number of hydrogen-bond acceptors (Lipinski definition) is 4. The van der Waals surface area contributed by atoms with E-state index in [2.05, 4.69) is 20.7 Å². The van der Waals surface area contributed by atoms with Crippen molar-refractivity contribution in [3.8, 4) is 0 Å². The molecule has 0 bridgehead atoms. The van der Waals surface area contributed by atoms with E-state index in [4.69, 9.17) is 5.11 Å². The number of halogens is 1. The van der Waals surface area contributed by atoms with E-state index in [0.29, 0.717) is 16.6 Å². The lowest BCUT2D eigenvalue weighted by Gasteiger charge is -2.07. The third-order valence-corrected chi connectivity index (χ3v) is 6.07. The molecule has 0 fully saturated rings. The van der Waals surface area contributed by atoms with Crippen LogP contribution in [0.15, 0.2) is 45.1 Å². The van der Waals surface area contributed by atoms with Crippen LogP contribution in [0.5, 0.6) is 0 Å². The molecule has 0 aliphatic rings. The number of anilines is 1.